The Morgan fingerprint density at radius 1 is 1.12 bits per heavy atom. The minimum atomic E-state index is -0.202. The van der Waals surface area contributed by atoms with Gasteiger partial charge in [-0.15, -0.1) is 11.8 Å². The number of halogens is 1. The van der Waals surface area contributed by atoms with Gasteiger partial charge in [-0.3, -0.25) is 4.99 Å². The van der Waals surface area contributed by atoms with Crippen molar-refractivity contribution in [1.29, 1.82) is 0 Å². The maximum atomic E-state index is 13.0. The Bertz CT molecular complexity index is 799. The van der Waals surface area contributed by atoms with Crippen LogP contribution in [0.3, 0.4) is 0 Å². The number of nitrogens with zero attached hydrogens (tertiary/aromatic N) is 2. The van der Waals surface area contributed by atoms with E-state index in [0.29, 0.717) is 0 Å². The zero-order valence-electron chi connectivity index (χ0n) is 20.8. The zero-order valence-corrected chi connectivity index (χ0v) is 21.6. The number of aliphatic imine (C=N–C) groups is 1. The van der Waals surface area contributed by atoms with Gasteiger partial charge in [0.15, 0.2) is 0 Å². The second-order valence-electron chi connectivity index (χ2n) is 6.86. The minimum absolute atomic E-state index is 0.202. The summed E-state index contributed by atoms with van der Waals surface area (Å²) in [6, 6.07) is 6.66. The fourth-order valence-corrected chi connectivity index (χ4v) is 3.60. The maximum absolute atomic E-state index is 13.0. The molecule has 2 rings (SSSR count). The summed E-state index contributed by atoms with van der Waals surface area (Å²) in [5, 5.41) is 1.16. The number of rotatable bonds is 9. The fourth-order valence-electron chi connectivity index (χ4n) is 2.52. The Morgan fingerprint density at radius 2 is 1.75 bits per heavy atom. The van der Waals surface area contributed by atoms with E-state index in [9.17, 15) is 4.39 Å². The van der Waals surface area contributed by atoms with E-state index >= 15 is 0 Å². The molecule has 0 bridgehead atoms. The van der Waals surface area contributed by atoms with Crippen LogP contribution in [0.2, 0.25) is 0 Å². The summed E-state index contributed by atoms with van der Waals surface area (Å²) in [5.74, 6) is 0.595. The van der Waals surface area contributed by atoms with Gasteiger partial charge in [0.25, 0.3) is 0 Å². The van der Waals surface area contributed by atoms with Gasteiger partial charge in [0, 0.05) is 37.3 Å². The molecule has 0 aromatic heterocycles. The highest BCUT2D eigenvalue weighted by Gasteiger charge is 2.16. The molecule has 0 aliphatic carbocycles. The maximum Gasteiger partial charge on any atom is 0.123 e. The molecular weight excluding hydrogens is 415 g/mol. The molecule has 4 heteroatoms. The van der Waals surface area contributed by atoms with Crippen LogP contribution in [0, 0.1) is 5.82 Å². The third-order valence-electron chi connectivity index (χ3n) is 4.56. The standard InChI is InChI=1S/C22H25FN2S.C4H10.C2H6/c1-5-18(14-24-6-2)13-20-15-25(7-3)22(12-17(20)4)26-16-19-8-10-21(23)11-9-19;1-3-4-2;1-2/h5-6,8-12,14-15H,2,4,7,13,16H2,1,3H3;3-4H2,1-2H3;1-2H3/b18-5-,24-14?;;. The van der Waals surface area contributed by atoms with E-state index < -0.39 is 0 Å². The van der Waals surface area contributed by atoms with Crippen LogP contribution in [0.25, 0.3) is 0 Å². The summed E-state index contributed by atoms with van der Waals surface area (Å²) >= 11 is 1.74. The number of allylic oxidation sites excluding steroid dienone is 5. The molecule has 0 unspecified atom stereocenters. The SMILES string of the molecule is C=CN=C/C(=C\C)CC1=CN(CC)C(SCc2ccc(F)cc2)=CC1=C.CC.CCCC. The molecule has 32 heavy (non-hydrogen) atoms. The van der Waals surface area contributed by atoms with Gasteiger partial charge < -0.3 is 4.90 Å². The average molecular weight is 457 g/mol. The van der Waals surface area contributed by atoms with E-state index in [1.54, 1.807) is 11.8 Å². The molecule has 1 heterocycles. The Labute approximate surface area is 200 Å². The molecule has 0 saturated carbocycles. The fraction of sp³-hybridized carbons (Fsp3) is 0.393. The molecule has 0 atom stereocenters. The second kappa shape index (κ2) is 18.3. The lowest BCUT2D eigenvalue weighted by Gasteiger charge is -2.28. The van der Waals surface area contributed by atoms with Crippen LogP contribution in [0.15, 0.2) is 88.7 Å². The van der Waals surface area contributed by atoms with Gasteiger partial charge in [0.1, 0.15) is 5.82 Å². The zero-order chi connectivity index (χ0) is 24.4. The molecule has 1 aliphatic rings. The summed E-state index contributed by atoms with van der Waals surface area (Å²) in [6.45, 7) is 21.2. The van der Waals surface area contributed by atoms with Crippen molar-refractivity contribution in [2.45, 2.75) is 66.6 Å². The monoisotopic (exact) mass is 456 g/mol. The second-order valence-corrected chi connectivity index (χ2v) is 7.86. The van der Waals surface area contributed by atoms with Crippen LogP contribution < -0.4 is 0 Å². The van der Waals surface area contributed by atoms with Crippen molar-refractivity contribution in [2.24, 2.45) is 4.99 Å². The number of unbranched alkanes of at least 4 members (excludes halogenated alkanes) is 1. The van der Waals surface area contributed by atoms with Gasteiger partial charge in [0.05, 0.1) is 5.03 Å². The molecule has 0 N–H and O–H groups in total. The lowest BCUT2D eigenvalue weighted by Crippen LogP contribution is -2.19. The molecule has 0 radical (unpaired) electrons. The largest absolute Gasteiger partial charge is 0.343 e. The number of thioether (sulfide) groups is 1. The third kappa shape index (κ3) is 11.3. The Kier molecular flexibility index (Phi) is 16.9. The van der Waals surface area contributed by atoms with Crippen molar-refractivity contribution >= 4 is 18.0 Å². The van der Waals surface area contributed by atoms with Gasteiger partial charge in [-0.25, -0.2) is 4.39 Å². The van der Waals surface area contributed by atoms with Crippen molar-refractivity contribution in [3.63, 3.8) is 0 Å². The molecule has 176 valence electrons. The topological polar surface area (TPSA) is 15.6 Å². The van der Waals surface area contributed by atoms with Crippen LogP contribution in [0.4, 0.5) is 4.39 Å². The van der Waals surface area contributed by atoms with Crippen LogP contribution in [-0.2, 0) is 5.75 Å². The molecule has 0 amide bonds. The summed E-state index contributed by atoms with van der Waals surface area (Å²) in [4.78, 5) is 6.34. The van der Waals surface area contributed by atoms with Gasteiger partial charge in [-0.1, -0.05) is 71.9 Å². The summed E-state index contributed by atoms with van der Waals surface area (Å²) in [6.07, 6.45) is 13.1. The average Bonchev–Trinajstić information content (AvgIpc) is 2.83. The first kappa shape index (κ1) is 29.7. The number of hydrogen-bond donors (Lipinski definition) is 0. The smallest absolute Gasteiger partial charge is 0.123 e. The number of hydrogen-bond acceptors (Lipinski definition) is 3. The van der Waals surface area contributed by atoms with Gasteiger partial charge in [-0.2, -0.15) is 0 Å². The predicted molar refractivity (Wildman–Crippen MR) is 144 cm³/mol. The van der Waals surface area contributed by atoms with Crippen LogP contribution in [-0.4, -0.2) is 17.7 Å². The first-order valence-corrected chi connectivity index (χ1v) is 12.5. The Balaban J connectivity index is 0.00000144. The first-order valence-electron chi connectivity index (χ1n) is 11.5. The van der Waals surface area contributed by atoms with Gasteiger partial charge in [-0.05, 0) is 54.3 Å². The van der Waals surface area contributed by atoms with E-state index in [2.05, 4.69) is 62.2 Å². The van der Waals surface area contributed by atoms with Crippen molar-refractivity contribution in [3.8, 4) is 0 Å². The molecular formula is C28H41FN2S. The van der Waals surface area contributed by atoms with E-state index in [4.69, 9.17) is 0 Å². The highest BCUT2D eigenvalue weighted by atomic mass is 32.2. The highest BCUT2D eigenvalue weighted by Crippen LogP contribution is 2.33. The highest BCUT2D eigenvalue weighted by molar-refractivity contribution is 8.02. The van der Waals surface area contributed by atoms with Crippen LogP contribution >= 0.6 is 11.8 Å². The van der Waals surface area contributed by atoms with Crippen molar-refractivity contribution in [1.82, 2.24) is 4.90 Å². The van der Waals surface area contributed by atoms with Gasteiger partial charge >= 0.3 is 0 Å². The van der Waals surface area contributed by atoms with Crippen LogP contribution in [0.5, 0.6) is 0 Å². The van der Waals surface area contributed by atoms with Crippen LogP contribution in [0.1, 0.15) is 66.4 Å². The Hall–Kier alpha value is -2.33. The van der Waals surface area contributed by atoms with E-state index in [-0.39, 0.29) is 5.82 Å². The number of benzene rings is 1. The normalized spacial score (nSPS) is 13.5. The summed E-state index contributed by atoms with van der Waals surface area (Å²) in [7, 11) is 0. The molecule has 0 fully saturated rings. The molecule has 0 saturated heterocycles. The lowest BCUT2D eigenvalue weighted by molar-refractivity contribution is 0.514. The Morgan fingerprint density at radius 3 is 2.25 bits per heavy atom. The quantitative estimate of drug-likeness (QED) is 0.344. The third-order valence-corrected chi connectivity index (χ3v) is 5.68. The van der Waals surface area contributed by atoms with Crippen molar-refractivity contribution in [3.05, 3.63) is 95.1 Å². The molecule has 1 aromatic carbocycles. The molecule has 0 spiro atoms. The minimum Gasteiger partial charge on any atom is -0.343 e. The van der Waals surface area contributed by atoms with E-state index in [1.165, 1.54) is 36.7 Å². The van der Waals surface area contributed by atoms with Crippen molar-refractivity contribution in [2.75, 3.05) is 6.54 Å². The summed E-state index contributed by atoms with van der Waals surface area (Å²) < 4.78 is 13.0. The van der Waals surface area contributed by atoms with Crippen molar-refractivity contribution < 1.29 is 4.39 Å². The van der Waals surface area contributed by atoms with Gasteiger partial charge in [0.2, 0.25) is 0 Å². The predicted octanol–water partition coefficient (Wildman–Crippen LogP) is 9.06. The lowest BCUT2D eigenvalue weighted by atomic mass is 9.98. The van der Waals surface area contributed by atoms with E-state index in [1.807, 2.05) is 39.1 Å². The summed E-state index contributed by atoms with van der Waals surface area (Å²) in [5.41, 5.74) is 4.43. The molecule has 2 nitrogen and oxygen atoms in total. The van der Waals surface area contributed by atoms with E-state index in [0.717, 1.165) is 40.5 Å². The first-order chi connectivity index (χ1) is 15.5. The molecule has 1 aliphatic heterocycles. The molecule has 1 aromatic rings.